The van der Waals surface area contributed by atoms with Crippen molar-refractivity contribution in [1.82, 2.24) is 5.32 Å². The maximum absolute atomic E-state index is 13.9. The van der Waals surface area contributed by atoms with Gasteiger partial charge in [0.2, 0.25) is 5.91 Å². The first-order valence-electron chi connectivity index (χ1n) is 11.9. The number of hydrogen-bond donors (Lipinski definition) is 1. The van der Waals surface area contributed by atoms with Crippen LogP contribution in [-0.2, 0) is 24.5 Å². The molecule has 184 valence electrons. The first-order valence-corrected chi connectivity index (χ1v) is 11.9. The highest BCUT2D eigenvalue weighted by Crippen LogP contribution is 2.55. The van der Waals surface area contributed by atoms with E-state index < -0.39 is 11.5 Å². The molecule has 0 radical (unpaired) electrons. The number of ether oxygens (including phenoxy) is 3. The number of hydrogen-bond acceptors (Lipinski definition) is 6. The lowest BCUT2D eigenvalue weighted by Crippen LogP contribution is -2.44. The number of carbonyl (C=O) groups excluding carboxylic acids is 2. The lowest BCUT2D eigenvalue weighted by Gasteiger charge is -2.30. The molecular formula is C27H36N2O5. The van der Waals surface area contributed by atoms with Gasteiger partial charge in [-0.05, 0) is 43.9 Å². The first kappa shape index (κ1) is 25.7. The maximum atomic E-state index is 13.9. The Bertz CT molecular complexity index is 978. The van der Waals surface area contributed by atoms with Gasteiger partial charge in [-0.15, -0.1) is 0 Å². The molecular weight excluding hydrogens is 432 g/mol. The summed E-state index contributed by atoms with van der Waals surface area (Å²) >= 11 is 0. The zero-order valence-electron chi connectivity index (χ0n) is 20.8. The smallest absolute Gasteiger partial charge is 0.322 e. The van der Waals surface area contributed by atoms with E-state index in [4.69, 9.17) is 14.2 Å². The van der Waals surface area contributed by atoms with Crippen LogP contribution in [-0.4, -0.2) is 51.9 Å². The Balaban J connectivity index is 0.000000588. The third kappa shape index (κ3) is 4.68. The Labute approximate surface area is 202 Å². The molecule has 0 saturated carbocycles. The number of amides is 1. The van der Waals surface area contributed by atoms with Crippen LogP contribution in [0, 0.1) is 0 Å². The molecule has 1 saturated heterocycles. The minimum Gasteiger partial charge on any atom is -0.497 e. The number of nitrogens with zero attached hydrogens (tertiary/aromatic N) is 1. The quantitative estimate of drug-likeness (QED) is 0.619. The van der Waals surface area contributed by atoms with Crippen molar-refractivity contribution in [3.63, 3.8) is 0 Å². The highest BCUT2D eigenvalue weighted by Gasteiger charge is 2.61. The summed E-state index contributed by atoms with van der Waals surface area (Å²) in [5.74, 6) is 0.386. The molecule has 7 nitrogen and oxygen atoms in total. The molecule has 2 aromatic rings. The van der Waals surface area contributed by atoms with E-state index in [1.165, 1.54) is 7.11 Å². The Kier molecular flexibility index (Phi) is 8.69. The van der Waals surface area contributed by atoms with Gasteiger partial charge in [0.1, 0.15) is 11.8 Å². The molecule has 0 unspecified atom stereocenters. The highest BCUT2D eigenvalue weighted by molar-refractivity contribution is 6.10. The van der Waals surface area contributed by atoms with E-state index in [1.807, 2.05) is 67.3 Å². The van der Waals surface area contributed by atoms with Crippen molar-refractivity contribution >= 4 is 17.6 Å². The summed E-state index contributed by atoms with van der Waals surface area (Å²) < 4.78 is 15.3. The number of nitrogens with one attached hydrogen (secondary N) is 1. The number of anilines is 1. The molecule has 0 aromatic heterocycles. The minimum absolute atomic E-state index is 0.0235. The molecule has 1 fully saturated rings. The average Bonchev–Trinajstić information content (AvgIpc) is 3.38. The van der Waals surface area contributed by atoms with Crippen molar-refractivity contribution in [1.29, 1.82) is 0 Å². The lowest BCUT2D eigenvalue weighted by molar-refractivity contribution is -0.142. The SMILES string of the molecule is CCCN1C(=O)[C@]2(C[C@H](C(=O)OC)N[C@@H]2c2ccccc2)c2ccc(OC)cc21.CCOCC. The van der Waals surface area contributed by atoms with Crippen molar-refractivity contribution in [2.75, 3.05) is 38.9 Å². The van der Waals surface area contributed by atoms with Crippen molar-refractivity contribution in [2.45, 2.75) is 51.1 Å². The van der Waals surface area contributed by atoms with E-state index in [9.17, 15) is 9.59 Å². The van der Waals surface area contributed by atoms with Crippen molar-refractivity contribution in [3.05, 3.63) is 59.7 Å². The molecule has 3 atom stereocenters. The van der Waals surface area contributed by atoms with E-state index in [2.05, 4.69) is 12.2 Å². The van der Waals surface area contributed by atoms with E-state index in [0.29, 0.717) is 18.7 Å². The van der Waals surface area contributed by atoms with E-state index >= 15 is 0 Å². The lowest BCUT2D eigenvalue weighted by atomic mass is 9.72. The van der Waals surface area contributed by atoms with E-state index in [0.717, 1.165) is 36.4 Å². The zero-order chi connectivity index (χ0) is 24.7. The molecule has 1 amide bonds. The van der Waals surface area contributed by atoms with Crippen molar-refractivity contribution in [2.24, 2.45) is 0 Å². The van der Waals surface area contributed by atoms with Crippen LogP contribution in [0.15, 0.2) is 48.5 Å². The fourth-order valence-corrected chi connectivity index (χ4v) is 4.99. The summed E-state index contributed by atoms with van der Waals surface area (Å²) in [4.78, 5) is 28.2. The fourth-order valence-electron chi connectivity index (χ4n) is 4.99. The van der Waals surface area contributed by atoms with E-state index in [1.54, 1.807) is 7.11 Å². The molecule has 2 aromatic carbocycles. The van der Waals surface area contributed by atoms with Gasteiger partial charge in [-0.3, -0.25) is 14.9 Å². The summed E-state index contributed by atoms with van der Waals surface area (Å²) in [5.41, 5.74) is 1.91. The Hall–Kier alpha value is -2.90. The molecule has 1 spiro atoms. The second-order valence-corrected chi connectivity index (χ2v) is 8.38. The van der Waals surface area contributed by atoms with Crippen molar-refractivity contribution in [3.8, 4) is 5.75 Å². The predicted molar refractivity (Wildman–Crippen MR) is 132 cm³/mol. The summed E-state index contributed by atoms with van der Waals surface area (Å²) in [6.07, 6.45) is 1.19. The average molecular weight is 469 g/mol. The van der Waals surface area contributed by atoms with Crippen LogP contribution < -0.4 is 15.0 Å². The second-order valence-electron chi connectivity index (χ2n) is 8.38. The highest BCUT2D eigenvalue weighted by atomic mass is 16.5. The monoisotopic (exact) mass is 468 g/mol. The zero-order valence-corrected chi connectivity index (χ0v) is 20.8. The van der Waals surface area contributed by atoms with Crippen molar-refractivity contribution < 1.29 is 23.8 Å². The number of benzene rings is 2. The third-order valence-electron chi connectivity index (χ3n) is 6.46. The molecule has 1 N–H and O–H groups in total. The normalized spacial score (nSPS) is 22.9. The molecule has 2 heterocycles. The summed E-state index contributed by atoms with van der Waals surface area (Å²) in [6, 6.07) is 14.8. The van der Waals surface area contributed by atoms with Crippen LogP contribution in [0.1, 0.15) is 50.8 Å². The number of fused-ring (bicyclic) bond motifs is 2. The molecule has 0 bridgehead atoms. The van der Waals surface area contributed by atoms with Gasteiger partial charge in [-0.25, -0.2) is 0 Å². The minimum atomic E-state index is -0.864. The molecule has 4 rings (SSSR count). The fraction of sp³-hybridized carbons (Fsp3) is 0.481. The van der Waals surface area contributed by atoms with Gasteiger partial charge in [0.15, 0.2) is 0 Å². The predicted octanol–water partition coefficient (Wildman–Crippen LogP) is 4.01. The Morgan fingerprint density at radius 3 is 2.35 bits per heavy atom. The van der Waals surface area contributed by atoms with Gasteiger partial charge in [0, 0.05) is 25.8 Å². The molecule has 2 aliphatic heterocycles. The number of rotatable bonds is 7. The standard InChI is InChI=1S/C23H26N2O4.C4H10O/c1-4-12-25-19-13-16(28-2)10-11-17(19)23(22(25)27)14-18(21(26)29-3)24-20(23)15-8-6-5-7-9-15;1-3-5-4-2/h5-11,13,18,20,24H,4,12,14H2,1-3H3;3-4H2,1-2H3/t18-,20-,23-;/m1./s1. The number of methoxy groups -OCH3 is 2. The van der Waals surface area contributed by atoms with Crippen LogP contribution in [0.2, 0.25) is 0 Å². The molecule has 7 heteroatoms. The van der Waals surface area contributed by atoms with Crippen LogP contribution in [0.3, 0.4) is 0 Å². The molecule has 0 aliphatic carbocycles. The van der Waals surface area contributed by atoms with E-state index in [-0.39, 0.29) is 17.9 Å². The van der Waals surface area contributed by atoms with Crippen LogP contribution >= 0.6 is 0 Å². The second kappa shape index (κ2) is 11.5. The van der Waals surface area contributed by atoms with Gasteiger partial charge in [0.05, 0.1) is 31.4 Å². The number of carbonyl (C=O) groups is 2. The third-order valence-corrected chi connectivity index (χ3v) is 6.46. The maximum Gasteiger partial charge on any atom is 0.322 e. The summed E-state index contributed by atoms with van der Waals surface area (Å²) in [6.45, 7) is 8.34. The molecule has 34 heavy (non-hydrogen) atoms. The largest absolute Gasteiger partial charge is 0.497 e. The Morgan fingerprint density at radius 1 is 1.09 bits per heavy atom. The topological polar surface area (TPSA) is 77.1 Å². The summed E-state index contributed by atoms with van der Waals surface area (Å²) in [7, 11) is 3.00. The van der Waals surface area contributed by atoms with Gasteiger partial charge in [-0.1, -0.05) is 43.3 Å². The van der Waals surface area contributed by atoms with Crippen LogP contribution in [0.4, 0.5) is 5.69 Å². The summed E-state index contributed by atoms with van der Waals surface area (Å²) in [5, 5.41) is 3.40. The van der Waals surface area contributed by atoms with Gasteiger partial charge < -0.3 is 19.1 Å². The van der Waals surface area contributed by atoms with Crippen LogP contribution in [0.25, 0.3) is 0 Å². The first-order chi connectivity index (χ1) is 16.5. The van der Waals surface area contributed by atoms with Crippen LogP contribution in [0.5, 0.6) is 5.75 Å². The van der Waals surface area contributed by atoms with Gasteiger partial charge in [0.25, 0.3) is 0 Å². The van der Waals surface area contributed by atoms with Gasteiger partial charge in [-0.2, -0.15) is 0 Å². The Morgan fingerprint density at radius 2 is 1.79 bits per heavy atom. The molecule has 2 aliphatic rings. The van der Waals surface area contributed by atoms with Gasteiger partial charge >= 0.3 is 5.97 Å². The number of esters is 1.